The van der Waals surface area contributed by atoms with E-state index in [9.17, 15) is 0 Å². The highest BCUT2D eigenvalue weighted by Gasteiger charge is 2.42. The molecule has 0 spiro atoms. The van der Waals surface area contributed by atoms with Gasteiger partial charge in [0.1, 0.15) is 0 Å². The van der Waals surface area contributed by atoms with E-state index in [4.69, 9.17) is 5.84 Å². The number of nitrogens with one attached hydrogen (secondary N) is 1. The summed E-state index contributed by atoms with van der Waals surface area (Å²) in [5.41, 5.74) is 4.64. The molecule has 3 heteroatoms. The van der Waals surface area contributed by atoms with Crippen LogP contribution in [0, 0.1) is 0 Å². The molecule has 2 rings (SSSR count). The fourth-order valence-corrected chi connectivity index (χ4v) is 3.35. The van der Waals surface area contributed by atoms with E-state index in [-0.39, 0.29) is 5.54 Å². The monoisotopic (exact) mass is 247 g/mol. The summed E-state index contributed by atoms with van der Waals surface area (Å²) in [6, 6.07) is 10.9. The average molecular weight is 247 g/mol. The van der Waals surface area contributed by atoms with Crippen molar-refractivity contribution in [1.82, 2.24) is 10.3 Å². The van der Waals surface area contributed by atoms with Gasteiger partial charge in [0.25, 0.3) is 0 Å². The van der Waals surface area contributed by atoms with Crippen molar-refractivity contribution in [1.29, 1.82) is 0 Å². The Bertz CT molecular complexity index is 355. The zero-order valence-electron chi connectivity index (χ0n) is 11.5. The van der Waals surface area contributed by atoms with Crippen LogP contribution in [0.1, 0.15) is 31.2 Å². The van der Waals surface area contributed by atoms with Crippen molar-refractivity contribution >= 4 is 0 Å². The van der Waals surface area contributed by atoms with E-state index in [1.807, 2.05) is 0 Å². The summed E-state index contributed by atoms with van der Waals surface area (Å²) in [6.07, 6.45) is 6.09. The van der Waals surface area contributed by atoms with Crippen LogP contribution in [-0.4, -0.2) is 30.6 Å². The quantitative estimate of drug-likeness (QED) is 0.617. The molecule has 1 aromatic carbocycles. The van der Waals surface area contributed by atoms with Gasteiger partial charge in [-0.25, -0.2) is 0 Å². The molecule has 1 aromatic rings. The molecule has 3 nitrogen and oxygen atoms in total. The van der Waals surface area contributed by atoms with Gasteiger partial charge in [-0.3, -0.25) is 11.3 Å². The molecule has 0 amide bonds. The summed E-state index contributed by atoms with van der Waals surface area (Å²) < 4.78 is 0. The second kappa shape index (κ2) is 5.83. The Balaban J connectivity index is 2.16. The second-order valence-electron chi connectivity index (χ2n) is 5.61. The van der Waals surface area contributed by atoms with E-state index in [0.717, 1.165) is 6.42 Å². The van der Waals surface area contributed by atoms with Gasteiger partial charge < -0.3 is 4.90 Å². The summed E-state index contributed by atoms with van der Waals surface area (Å²) in [7, 11) is 4.36. The first kappa shape index (κ1) is 13.5. The molecule has 0 radical (unpaired) electrons. The molecule has 1 aliphatic rings. The molecule has 0 bridgehead atoms. The molecule has 0 saturated heterocycles. The maximum absolute atomic E-state index is 5.85. The molecular formula is C15H25N3. The van der Waals surface area contributed by atoms with E-state index >= 15 is 0 Å². The fraction of sp³-hybridized carbons (Fsp3) is 0.600. The Morgan fingerprint density at radius 1 is 1.22 bits per heavy atom. The van der Waals surface area contributed by atoms with Crippen molar-refractivity contribution in [2.24, 2.45) is 5.84 Å². The minimum absolute atomic E-state index is 0.213. The predicted octanol–water partition coefficient (Wildman–Crippen LogP) is 1.94. The molecule has 1 fully saturated rings. The molecular weight excluding hydrogens is 222 g/mol. The molecule has 100 valence electrons. The summed E-state index contributed by atoms with van der Waals surface area (Å²) >= 11 is 0. The van der Waals surface area contributed by atoms with E-state index in [0.29, 0.717) is 6.04 Å². The lowest BCUT2D eigenvalue weighted by molar-refractivity contribution is 0.104. The van der Waals surface area contributed by atoms with Gasteiger partial charge >= 0.3 is 0 Å². The smallest absolute Gasteiger partial charge is 0.0434 e. The van der Waals surface area contributed by atoms with Crippen molar-refractivity contribution in [3.8, 4) is 0 Å². The van der Waals surface area contributed by atoms with Gasteiger partial charge in [0.2, 0.25) is 0 Å². The first-order valence-corrected chi connectivity index (χ1v) is 6.86. The molecule has 0 aliphatic heterocycles. The Kier molecular flexibility index (Phi) is 4.38. The predicted molar refractivity (Wildman–Crippen MR) is 76.1 cm³/mol. The van der Waals surface area contributed by atoms with Gasteiger partial charge in [0.05, 0.1) is 0 Å². The lowest BCUT2D eigenvalue weighted by atomic mass is 9.83. The van der Waals surface area contributed by atoms with E-state index in [1.54, 1.807) is 0 Å². The zero-order chi connectivity index (χ0) is 13.0. The lowest BCUT2D eigenvalue weighted by Gasteiger charge is -2.43. The number of rotatable bonds is 5. The summed E-state index contributed by atoms with van der Waals surface area (Å²) in [5, 5.41) is 0. The molecule has 0 aromatic heterocycles. The highest BCUT2D eigenvalue weighted by atomic mass is 15.3. The Labute approximate surface area is 110 Å². The second-order valence-corrected chi connectivity index (χ2v) is 5.61. The van der Waals surface area contributed by atoms with Crippen molar-refractivity contribution < 1.29 is 0 Å². The van der Waals surface area contributed by atoms with Gasteiger partial charge in [-0.2, -0.15) is 0 Å². The standard InChI is InChI=1S/C15H25N3/c1-18(2)15(10-6-7-11-15)14(17-16)12-13-8-4-3-5-9-13/h3-5,8-9,14,17H,6-7,10-12,16H2,1-2H3. The molecule has 1 saturated carbocycles. The van der Waals surface area contributed by atoms with Gasteiger partial charge in [-0.1, -0.05) is 43.2 Å². The van der Waals surface area contributed by atoms with E-state index < -0.39 is 0 Å². The first-order chi connectivity index (χ1) is 8.69. The fourth-order valence-electron chi connectivity index (χ4n) is 3.35. The van der Waals surface area contributed by atoms with Crippen molar-refractivity contribution in [2.75, 3.05) is 14.1 Å². The van der Waals surface area contributed by atoms with Crippen LogP contribution < -0.4 is 11.3 Å². The minimum atomic E-state index is 0.213. The number of hydrazine groups is 1. The molecule has 0 heterocycles. The van der Waals surface area contributed by atoms with Crippen LogP contribution in [0.2, 0.25) is 0 Å². The van der Waals surface area contributed by atoms with Crippen LogP contribution in [0.4, 0.5) is 0 Å². The van der Waals surface area contributed by atoms with Crippen LogP contribution in [-0.2, 0) is 6.42 Å². The number of likely N-dealkylation sites (N-methyl/N-ethyl adjacent to an activating group) is 1. The zero-order valence-corrected chi connectivity index (χ0v) is 11.5. The first-order valence-electron chi connectivity index (χ1n) is 6.86. The number of benzene rings is 1. The van der Waals surface area contributed by atoms with Crippen LogP contribution in [0.15, 0.2) is 30.3 Å². The lowest BCUT2D eigenvalue weighted by Crippen LogP contribution is -2.60. The molecule has 1 atom stereocenters. The van der Waals surface area contributed by atoms with E-state index in [2.05, 4.69) is 54.8 Å². The van der Waals surface area contributed by atoms with Crippen molar-refractivity contribution in [3.63, 3.8) is 0 Å². The van der Waals surface area contributed by atoms with Crippen LogP contribution in [0.3, 0.4) is 0 Å². The molecule has 18 heavy (non-hydrogen) atoms. The Morgan fingerprint density at radius 2 is 1.83 bits per heavy atom. The van der Waals surface area contributed by atoms with E-state index in [1.165, 1.54) is 31.2 Å². The SMILES string of the molecule is CN(C)C1(C(Cc2ccccc2)NN)CCCC1. The molecule has 1 aliphatic carbocycles. The van der Waals surface area contributed by atoms with Gasteiger partial charge in [-0.05, 0) is 38.9 Å². The summed E-state index contributed by atoms with van der Waals surface area (Å²) in [6.45, 7) is 0. The number of nitrogens with zero attached hydrogens (tertiary/aromatic N) is 1. The minimum Gasteiger partial charge on any atom is -0.302 e. The van der Waals surface area contributed by atoms with Gasteiger partial charge in [0.15, 0.2) is 0 Å². The summed E-state index contributed by atoms with van der Waals surface area (Å²) in [5.74, 6) is 5.85. The largest absolute Gasteiger partial charge is 0.302 e. The third-order valence-electron chi connectivity index (χ3n) is 4.49. The topological polar surface area (TPSA) is 41.3 Å². The maximum Gasteiger partial charge on any atom is 0.0434 e. The Hall–Kier alpha value is -0.900. The average Bonchev–Trinajstić information content (AvgIpc) is 2.87. The Morgan fingerprint density at radius 3 is 2.33 bits per heavy atom. The van der Waals surface area contributed by atoms with Gasteiger partial charge in [0, 0.05) is 11.6 Å². The summed E-state index contributed by atoms with van der Waals surface area (Å²) in [4.78, 5) is 2.37. The maximum atomic E-state index is 5.85. The van der Waals surface area contributed by atoms with Crippen molar-refractivity contribution in [3.05, 3.63) is 35.9 Å². The normalized spacial score (nSPS) is 20.2. The van der Waals surface area contributed by atoms with Crippen LogP contribution in [0.5, 0.6) is 0 Å². The van der Waals surface area contributed by atoms with Gasteiger partial charge in [-0.15, -0.1) is 0 Å². The third kappa shape index (κ3) is 2.58. The third-order valence-corrected chi connectivity index (χ3v) is 4.49. The highest BCUT2D eigenvalue weighted by Crippen LogP contribution is 2.37. The van der Waals surface area contributed by atoms with Crippen molar-refractivity contribution in [2.45, 2.75) is 43.7 Å². The molecule has 1 unspecified atom stereocenters. The number of hydrogen-bond acceptors (Lipinski definition) is 3. The number of nitrogens with two attached hydrogens (primary N) is 1. The van der Waals surface area contributed by atoms with Crippen LogP contribution >= 0.6 is 0 Å². The number of hydrogen-bond donors (Lipinski definition) is 2. The highest BCUT2D eigenvalue weighted by molar-refractivity contribution is 5.18. The van der Waals surface area contributed by atoms with Crippen LogP contribution in [0.25, 0.3) is 0 Å². The molecule has 3 N–H and O–H groups in total.